The number of fused-ring (bicyclic) bond motifs is 1. The third-order valence-corrected chi connectivity index (χ3v) is 4.24. The van der Waals surface area contributed by atoms with Crippen molar-refractivity contribution < 1.29 is 0 Å². The number of nitrogens with zero attached hydrogens (tertiary/aromatic N) is 2. The monoisotopic (exact) mass is 281 g/mol. The molecule has 0 spiro atoms. The molecule has 2 heterocycles. The van der Waals surface area contributed by atoms with Crippen molar-refractivity contribution in [3.05, 3.63) is 29.3 Å². The third kappa shape index (κ3) is 3.22. The van der Waals surface area contributed by atoms with Gasteiger partial charge in [-0.25, -0.2) is 0 Å². The predicted molar refractivity (Wildman–Crippen MR) is 83.3 cm³/mol. The molecule has 1 aromatic carbocycles. The van der Waals surface area contributed by atoms with Crippen LogP contribution in [0.1, 0.15) is 18.1 Å². The molecule has 106 valence electrons. The van der Waals surface area contributed by atoms with Gasteiger partial charge in [0.25, 0.3) is 0 Å². The normalized spacial score (nSPS) is 19.6. The van der Waals surface area contributed by atoms with E-state index in [-0.39, 0.29) is 12.4 Å². The minimum atomic E-state index is 0. The van der Waals surface area contributed by atoms with Gasteiger partial charge in [-0.2, -0.15) is 0 Å². The lowest BCUT2D eigenvalue weighted by Crippen LogP contribution is -2.45. The quantitative estimate of drug-likeness (QED) is 0.917. The van der Waals surface area contributed by atoms with Crippen LogP contribution in [0.4, 0.5) is 5.69 Å². The molecule has 19 heavy (non-hydrogen) atoms. The molecule has 0 unspecified atom stereocenters. The van der Waals surface area contributed by atoms with E-state index in [2.05, 4.69) is 40.2 Å². The first kappa shape index (κ1) is 14.6. The van der Waals surface area contributed by atoms with E-state index in [1.807, 2.05) is 0 Å². The van der Waals surface area contributed by atoms with Gasteiger partial charge in [0.1, 0.15) is 0 Å². The number of piperazine rings is 1. The lowest BCUT2D eigenvalue weighted by molar-refractivity contribution is 0.132. The van der Waals surface area contributed by atoms with Gasteiger partial charge in [-0.1, -0.05) is 25.1 Å². The van der Waals surface area contributed by atoms with Crippen molar-refractivity contribution >= 4 is 18.1 Å². The molecule has 4 heteroatoms. The first-order chi connectivity index (χ1) is 8.86. The molecule has 3 rings (SSSR count). The van der Waals surface area contributed by atoms with Crippen LogP contribution in [-0.2, 0) is 13.0 Å². The Morgan fingerprint density at radius 3 is 2.58 bits per heavy atom. The van der Waals surface area contributed by atoms with Crippen LogP contribution in [0.5, 0.6) is 0 Å². The van der Waals surface area contributed by atoms with Crippen molar-refractivity contribution in [2.24, 2.45) is 0 Å². The molecular weight excluding hydrogens is 258 g/mol. The Morgan fingerprint density at radius 2 is 1.84 bits per heavy atom. The number of likely N-dealkylation sites (N-methyl/N-ethyl adjacent to an activating group) is 1. The van der Waals surface area contributed by atoms with Gasteiger partial charge in [0.2, 0.25) is 0 Å². The van der Waals surface area contributed by atoms with E-state index in [1.165, 1.54) is 56.0 Å². The smallest absolute Gasteiger partial charge is 0.0419 e. The van der Waals surface area contributed by atoms with Gasteiger partial charge in [0.05, 0.1) is 0 Å². The molecule has 1 fully saturated rings. The van der Waals surface area contributed by atoms with E-state index in [1.54, 1.807) is 0 Å². The van der Waals surface area contributed by atoms with Crippen LogP contribution < -0.4 is 5.32 Å². The second-order valence-corrected chi connectivity index (χ2v) is 5.34. The molecule has 0 bridgehead atoms. The second kappa shape index (κ2) is 6.60. The maximum absolute atomic E-state index is 3.54. The molecule has 2 aliphatic heterocycles. The highest BCUT2D eigenvalue weighted by molar-refractivity contribution is 5.85. The minimum absolute atomic E-state index is 0. The lowest BCUT2D eigenvalue weighted by atomic mass is 10.1. The van der Waals surface area contributed by atoms with Crippen LogP contribution in [-0.4, -0.2) is 49.1 Å². The largest absolute Gasteiger partial charge is 0.384 e. The highest BCUT2D eigenvalue weighted by Gasteiger charge is 2.19. The molecule has 0 saturated carbocycles. The topological polar surface area (TPSA) is 18.5 Å². The van der Waals surface area contributed by atoms with Gasteiger partial charge in [-0.15, -0.1) is 12.4 Å². The van der Waals surface area contributed by atoms with E-state index in [9.17, 15) is 0 Å². The number of hydrogen-bond acceptors (Lipinski definition) is 3. The Labute approximate surface area is 122 Å². The molecule has 2 aliphatic rings. The molecule has 0 aliphatic carbocycles. The van der Waals surface area contributed by atoms with Crippen molar-refractivity contribution in [2.75, 3.05) is 44.6 Å². The Hall–Kier alpha value is -0.770. The summed E-state index contributed by atoms with van der Waals surface area (Å²) >= 11 is 0. The summed E-state index contributed by atoms with van der Waals surface area (Å²) in [6.45, 7) is 10.5. The molecule has 0 aromatic heterocycles. The number of nitrogens with one attached hydrogen (secondary N) is 1. The SMILES string of the molecule is CCN1CCN(Cc2cccc3c2NCC3)CC1.Cl. The van der Waals surface area contributed by atoms with Crippen LogP contribution in [0.3, 0.4) is 0 Å². The summed E-state index contributed by atoms with van der Waals surface area (Å²) in [4.78, 5) is 5.12. The van der Waals surface area contributed by atoms with Gasteiger partial charge in [-0.3, -0.25) is 4.90 Å². The van der Waals surface area contributed by atoms with Gasteiger partial charge in [0.15, 0.2) is 0 Å². The molecule has 0 amide bonds. The Kier molecular flexibility index (Phi) is 5.08. The fourth-order valence-corrected chi connectivity index (χ4v) is 3.05. The van der Waals surface area contributed by atoms with Crippen molar-refractivity contribution in [1.82, 2.24) is 9.80 Å². The van der Waals surface area contributed by atoms with Gasteiger partial charge in [-0.05, 0) is 24.1 Å². The van der Waals surface area contributed by atoms with E-state index >= 15 is 0 Å². The summed E-state index contributed by atoms with van der Waals surface area (Å²) < 4.78 is 0. The van der Waals surface area contributed by atoms with Gasteiger partial charge < -0.3 is 10.2 Å². The number of halogens is 1. The summed E-state index contributed by atoms with van der Waals surface area (Å²) in [5.41, 5.74) is 4.39. The summed E-state index contributed by atoms with van der Waals surface area (Å²) in [6, 6.07) is 6.75. The maximum Gasteiger partial charge on any atom is 0.0419 e. The number of hydrogen-bond donors (Lipinski definition) is 1. The molecule has 1 saturated heterocycles. The Bertz CT molecular complexity index is 414. The Balaban J connectivity index is 0.00000133. The zero-order valence-electron chi connectivity index (χ0n) is 11.7. The summed E-state index contributed by atoms with van der Waals surface area (Å²) in [6.07, 6.45) is 1.19. The summed E-state index contributed by atoms with van der Waals surface area (Å²) in [5.74, 6) is 0. The molecule has 3 nitrogen and oxygen atoms in total. The van der Waals surface area contributed by atoms with Crippen LogP contribution in [0.2, 0.25) is 0 Å². The molecule has 1 aromatic rings. The predicted octanol–water partition coefficient (Wildman–Crippen LogP) is 2.21. The first-order valence-electron chi connectivity index (χ1n) is 7.16. The zero-order valence-corrected chi connectivity index (χ0v) is 12.5. The van der Waals surface area contributed by atoms with E-state index in [0.717, 1.165) is 13.1 Å². The maximum atomic E-state index is 3.54. The van der Waals surface area contributed by atoms with Gasteiger partial charge in [0, 0.05) is 45.0 Å². The van der Waals surface area contributed by atoms with E-state index < -0.39 is 0 Å². The third-order valence-electron chi connectivity index (χ3n) is 4.24. The molecule has 0 radical (unpaired) electrons. The van der Waals surface area contributed by atoms with E-state index in [0.29, 0.717) is 0 Å². The summed E-state index contributed by atoms with van der Waals surface area (Å²) in [7, 11) is 0. The van der Waals surface area contributed by atoms with Crippen molar-refractivity contribution in [3.63, 3.8) is 0 Å². The molecule has 1 N–H and O–H groups in total. The highest BCUT2D eigenvalue weighted by atomic mass is 35.5. The van der Waals surface area contributed by atoms with Crippen LogP contribution >= 0.6 is 12.4 Å². The molecular formula is C15H24ClN3. The zero-order chi connectivity index (χ0) is 12.4. The average Bonchev–Trinajstić information content (AvgIpc) is 2.89. The first-order valence-corrected chi connectivity index (χ1v) is 7.16. The molecule has 0 atom stereocenters. The second-order valence-electron chi connectivity index (χ2n) is 5.34. The number of rotatable bonds is 3. The fraction of sp³-hybridized carbons (Fsp3) is 0.600. The highest BCUT2D eigenvalue weighted by Crippen LogP contribution is 2.27. The van der Waals surface area contributed by atoms with Crippen molar-refractivity contribution in [1.29, 1.82) is 0 Å². The van der Waals surface area contributed by atoms with Crippen molar-refractivity contribution in [3.8, 4) is 0 Å². The number of para-hydroxylation sites is 1. The van der Waals surface area contributed by atoms with Crippen LogP contribution in [0, 0.1) is 0 Å². The van der Waals surface area contributed by atoms with E-state index in [4.69, 9.17) is 0 Å². The number of anilines is 1. The van der Waals surface area contributed by atoms with Gasteiger partial charge >= 0.3 is 0 Å². The van der Waals surface area contributed by atoms with Crippen LogP contribution in [0.15, 0.2) is 18.2 Å². The van der Waals surface area contributed by atoms with Crippen LogP contribution in [0.25, 0.3) is 0 Å². The Morgan fingerprint density at radius 1 is 1.11 bits per heavy atom. The van der Waals surface area contributed by atoms with Crippen molar-refractivity contribution in [2.45, 2.75) is 19.9 Å². The minimum Gasteiger partial charge on any atom is -0.384 e. The fourth-order valence-electron chi connectivity index (χ4n) is 3.05. The number of benzene rings is 1. The summed E-state index contributed by atoms with van der Waals surface area (Å²) in [5, 5.41) is 3.54. The standard InChI is InChI=1S/C15H23N3.ClH/c1-2-17-8-10-18(11-9-17)12-14-5-3-4-13-6-7-16-15(13)14;/h3-5,16H,2,6-12H2,1H3;1H. The average molecular weight is 282 g/mol. The lowest BCUT2D eigenvalue weighted by Gasteiger charge is -2.34.